The molecule has 0 aliphatic carbocycles. The van der Waals surface area contributed by atoms with Crippen LogP contribution in [0.2, 0.25) is 0 Å². The number of aliphatic carboxylic acids is 1. The molecule has 5 heteroatoms. The zero-order chi connectivity index (χ0) is 15.3. The number of hydrogen-bond acceptors (Lipinski definition) is 3. The number of carbonyl (C=O) groups excluding carboxylic acids is 1. The third-order valence-electron chi connectivity index (χ3n) is 4.98. The topological polar surface area (TPSA) is 66.8 Å². The molecular weight excluding hydrogens is 282 g/mol. The Balaban J connectivity index is 1.53. The van der Waals surface area contributed by atoms with Gasteiger partial charge in [0.25, 0.3) is 0 Å². The monoisotopic (exact) mass is 299 g/mol. The number of rotatable bonds is 4. The zero-order valence-electron chi connectivity index (χ0n) is 12.0. The van der Waals surface area contributed by atoms with E-state index < -0.39 is 29.5 Å². The molecule has 2 fully saturated rings. The van der Waals surface area contributed by atoms with Crippen molar-refractivity contribution in [1.82, 2.24) is 4.90 Å². The SMILES string of the molecule is O=C(O)[C@@H]1[C@H]2C=C[C@@]3(CN(CCc4ccccc4)C(=O)[C@@H]13)O2. The number of benzene rings is 1. The molecule has 1 N–H and O–H groups in total. The van der Waals surface area contributed by atoms with Crippen LogP contribution in [0.3, 0.4) is 0 Å². The van der Waals surface area contributed by atoms with E-state index in [4.69, 9.17) is 4.74 Å². The van der Waals surface area contributed by atoms with Gasteiger partial charge in [0.2, 0.25) is 5.91 Å². The highest BCUT2D eigenvalue weighted by Gasteiger charge is 2.66. The van der Waals surface area contributed by atoms with Crippen LogP contribution in [-0.4, -0.2) is 46.7 Å². The molecule has 1 spiro atoms. The minimum atomic E-state index is -0.945. The van der Waals surface area contributed by atoms with Crippen LogP contribution in [0.5, 0.6) is 0 Å². The zero-order valence-corrected chi connectivity index (χ0v) is 12.0. The summed E-state index contributed by atoms with van der Waals surface area (Å²) in [6.45, 7) is 1.05. The molecule has 0 aromatic heterocycles. The standard InChI is InChI=1S/C17H17NO4/c19-15-14-13(16(20)21)12-6-8-17(14,22-12)10-18(15)9-7-11-4-2-1-3-5-11/h1-6,8,12-14H,7,9-10H2,(H,20,21)/t12-,13-,14-,17+/m1/s1. The second-order valence-electron chi connectivity index (χ2n) is 6.23. The number of carbonyl (C=O) groups is 2. The summed E-state index contributed by atoms with van der Waals surface area (Å²) < 4.78 is 5.86. The van der Waals surface area contributed by atoms with Crippen molar-refractivity contribution < 1.29 is 19.4 Å². The van der Waals surface area contributed by atoms with Gasteiger partial charge in [-0.3, -0.25) is 9.59 Å². The summed E-state index contributed by atoms with van der Waals surface area (Å²) in [5.74, 6) is -2.36. The predicted molar refractivity (Wildman–Crippen MR) is 78.1 cm³/mol. The molecule has 1 aromatic carbocycles. The Hall–Kier alpha value is -2.14. The molecule has 4 atom stereocenters. The van der Waals surface area contributed by atoms with E-state index in [0.717, 1.165) is 6.42 Å². The van der Waals surface area contributed by atoms with E-state index in [1.54, 1.807) is 11.0 Å². The number of hydrogen-bond donors (Lipinski definition) is 1. The quantitative estimate of drug-likeness (QED) is 0.845. The van der Waals surface area contributed by atoms with Crippen LogP contribution in [0.15, 0.2) is 42.5 Å². The van der Waals surface area contributed by atoms with E-state index in [1.165, 1.54) is 5.56 Å². The average Bonchev–Trinajstić information content (AvgIpc) is 3.14. The van der Waals surface area contributed by atoms with E-state index in [1.807, 2.05) is 36.4 Å². The van der Waals surface area contributed by atoms with Crippen molar-refractivity contribution in [1.29, 1.82) is 0 Å². The van der Waals surface area contributed by atoms with Crippen molar-refractivity contribution in [2.24, 2.45) is 11.8 Å². The third-order valence-corrected chi connectivity index (χ3v) is 4.98. The Kier molecular flexibility index (Phi) is 2.87. The Morgan fingerprint density at radius 2 is 2.14 bits per heavy atom. The maximum absolute atomic E-state index is 12.7. The van der Waals surface area contributed by atoms with Crippen molar-refractivity contribution in [3.05, 3.63) is 48.0 Å². The number of carboxylic acid groups (broad SMARTS) is 1. The Morgan fingerprint density at radius 1 is 1.36 bits per heavy atom. The first-order chi connectivity index (χ1) is 10.6. The van der Waals surface area contributed by atoms with Gasteiger partial charge in [0.05, 0.1) is 18.6 Å². The number of likely N-dealkylation sites (tertiary alicyclic amines) is 1. The van der Waals surface area contributed by atoms with Gasteiger partial charge in [-0.05, 0) is 12.0 Å². The van der Waals surface area contributed by atoms with E-state index >= 15 is 0 Å². The summed E-state index contributed by atoms with van der Waals surface area (Å²) in [5.41, 5.74) is 0.446. The van der Waals surface area contributed by atoms with E-state index in [0.29, 0.717) is 13.1 Å². The summed E-state index contributed by atoms with van der Waals surface area (Å²) in [6, 6.07) is 9.97. The van der Waals surface area contributed by atoms with Crippen LogP contribution < -0.4 is 0 Å². The number of ether oxygens (including phenoxy) is 1. The lowest BCUT2D eigenvalue weighted by molar-refractivity contribution is -0.148. The predicted octanol–water partition coefficient (Wildman–Crippen LogP) is 1.10. The van der Waals surface area contributed by atoms with Crippen molar-refractivity contribution in [2.45, 2.75) is 18.1 Å². The summed E-state index contributed by atoms with van der Waals surface area (Å²) in [4.78, 5) is 25.9. The summed E-state index contributed by atoms with van der Waals surface area (Å²) in [6.07, 6.45) is 3.99. The molecule has 0 unspecified atom stereocenters. The summed E-state index contributed by atoms with van der Waals surface area (Å²) >= 11 is 0. The van der Waals surface area contributed by atoms with Crippen molar-refractivity contribution in [3.63, 3.8) is 0 Å². The molecule has 1 aromatic rings. The molecule has 2 bridgehead atoms. The lowest BCUT2D eigenvalue weighted by Crippen LogP contribution is -2.39. The van der Waals surface area contributed by atoms with Crippen LogP contribution in [0.1, 0.15) is 5.56 Å². The molecule has 4 rings (SSSR count). The molecule has 114 valence electrons. The number of fused-ring (bicyclic) bond motifs is 1. The fourth-order valence-electron chi connectivity index (χ4n) is 3.96. The Bertz CT molecular complexity index is 656. The number of nitrogens with zero attached hydrogens (tertiary/aromatic N) is 1. The molecule has 0 saturated carbocycles. The van der Waals surface area contributed by atoms with Gasteiger partial charge in [-0.2, -0.15) is 0 Å². The highest BCUT2D eigenvalue weighted by atomic mass is 16.5. The summed E-state index contributed by atoms with van der Waals surface area (Å²) in [5, 5.41) is 9.41. The Labute approximate surface area is 128 Å². The normalized spacial score (nSPS) is 35.2. The van der Waals surface area contributed by atoms with Crippen LogP contribution in [0, 0.1) is 11.8 Å². The lowest BCUT2D eigenvalue weighted by Gasteiger charge is -2.21. The van der Waals surface area contributed by atoms with Crippen LogP contribution in [0.25, 0.3) is 0 Å². The van der Waals surface area contributed by atoms with E-state index in [-0.39, 0.29) is 5.91 Å². The maximum Gasteiger partial charge on any atom is 0.310 e. The van der Waals surface area contributed by atoms with Crippen LogP contribution in [-0.2, 0) is 20.7 Å². The molecule has 3 aliphatic heterocycles. The molecule has 3 aliphatic rings. The molecule has 2 saturated heterocycles. The first-order valence-electron chi connectivity index (χ1n) is 7.53. The third kappa shape index (κ3) is 1.82. The first kappa shape index (κ1) is 13.5. The highest BCUT2D eigenvalue weighted by molar-refractivity contribution is 5.90. The summed E-state index contributed by atoms with van der Waals surface area (Å²) in [7, 11) is 0. The van der Waals surface area contributed by atoms with Gasteiger partial charge in [-0.25, -0.2) is 0 Å². The second-order valence-corrected chi connectivity index (χ2v) is 6.23. The lowest BCUT2D eigenvalue weighted by atomic mass is 9.77. The number of amides is 1. The second kappa shape index (κ2) is 4.68. The van der Waals surface area contributed by atoms with Crippen molar-refractivity contribution in [3.8, 4) is 0 Å². The average molecular weight is 299 g/mol. The Morgan fingerprint density at radius 3 is 2.86 bits per heavy atom. The van der Waals surface area contributed by atoms with Gasteiger partial charge < -0.3 is 14.7 Å². The molecule has 1 amide bonds. The molecule has 5 nitrogen and oxygen atoms in total. The van der Waals surface area contributed by atoms with Gasteiger partial charge in [0.1, 0.15) is 11.5 Å². The minimum absolute atomic E-state index is 0.0878. The van der Waals surface area contributed by atoms with Crippen molar-refractivity contribution >= 4 is 11.9 Å². The highest BCUT2D eigenvalue weighted by Crippen LogP contribution is 2.51. The minimum Gasteiger partial charge on any atom is -0.481 e. The first-order valence-corrected chi connectivity index (χ1v) is 7.53. The largest absolute Gasteiger partial charge is 0.481 e. The maximum atomic E-state index is 12.7. The smallest absolute Gasteiger partial charge is 0.310 e. The fourth-order valence-corrected chi connectivity index (χ4v) is 3.96. The molecule has 22 heavy (non-hydrogen) atoms. The number of carboxylic acids is 1. The van der Waals surface area contributed by atoms with Gasteiger partial charge in [0.15, 0.2) is 0 Å². The molecule has 0 radical (unpaired) electrons. The van der Waals surface area contributed by atoms with Gasteiger partial charge in [-0.15, -0.1) is 0 Å². The van der Waals surface area contributed by atoms with E-state index in [9.17, 15) is 14.7 Å². The van der Waals surface area contributed by atoms with Crippen LogP contribution >= 0.6 is 0 Å². The van der Waals surface area contributed by atoms with Crippen LogP contribution in [0.4, 0.5) is 0 Å². The van der Waals surface area contributed by atoms with E-state index in [2.05, 4.69) is 0 Å². The molecular formula is C17H17NO4. The van der Waals surface area contributed by atoms with Gasteiger partial charge in [-0.1, -0.05) is 42.5 Å². The molecule has 3 heterocycles. The van der Waals surface area contributed by atoms with Crippen molar-refractivity contribution in [2.75, 3.05) is 13.1 Å². The van der Waals surface area contributed by atoms with Gasteiger partial charge >= 0.3 is 5.97 Å². The fraction of sp³-hybridized carbons (Fsp3) is 0.412. The van der Waals surface area contributed by atoms with Gasteiger partial charge in [0, 0.05) is 6.54 Å².